The summed E-state index contributed by atoms with van der Waals surface area (Å²) in [6.07, 6.45) is 3.39. The van der Waals surface area contributed by atoms with Gasteiger partial charge in [-0.2, -0.15) is 0 Å². The Morgan fingerprint density at radius 3 is 2.62 bits per heavy atom. The molecule has 0 aliphatic carbocycles. The van der Waals surface area contributed by atoms with Gasteiger partial charge in [0.25, 0.3) is 5.91 Å². The molecule has 2 aliphatic rings. The van der Waals surface area contributed by atoms with Crippen molar-refractivity contribution >= 4 is 11.7 Å². The van der Waals surface area contributed by atoms with Gasteiger partial charge < -0.3 is 14.2 Å². The van der Waals surface area contributed by atoms with Crippen LogP contribution in [0, 0.1) is 13.8 Å². The van der Waals surface area contributed by atoms with Gasteiger partial charge in [0.2, 0.25) is 0 Å². The van der Waals surface area contributed by atoms with Crippen molar-refractivity contribution in [2.75, 3.05) is 39.3 Å². The first-order valence-electron chi connectivity index (χ1n) is 9.45. The molecule has 6 nitrogen and oxygen atoms in total. The van der Waals surface area contributed by atoms with Gasteiger partial charge in [-0.15, -0.1) is 6.58 Å². The molecule has 1 amide bonds. The highest BCUT2D eigenvalue weighted by atomic mass is 16.5. The number of aryl methyl sites for hydroxylation is 1. The van der Waals surface area contributed by atoms with Crippen LogP contribution in [-0.2, 0) is 16.1 Å². The number of nitrogens with zero attached hydrogens (tertiary/aromatic N) is 3. The Hall–Kier alpha value is -1.92. The fourth-order valence-corrected chi connectivity index (χ4v) is 3.88. The highest BCUT2D eigenvalue weighted by Crippen LogP contribution is 2.18. The number of carbonyl (C=O) groups is 2. The first kappa shape index (κ1) is 18.9. The summed E-state index contributed by atoms with van der Waals surface area (Å²) in [5.74, 6) is 0.258. The predicted molar refractivity (Wildman–Crippen MR) is 100 cm³/mol. The fraction of sp³-hybridized carbons (Fsp3) is 0.600. The van der Waals surface area contributed by atoms with Gasteiger partial charge in [-0.05, 0) is 32.8 Å². The topological polar surface area (TPSA) is 54.8 Å². The molecule has 1 aromatic rings. The summed E-state index contributed by atoms with van der Waals surface area (Å²) in [5, 5.41) is 0. The number of carbonyl (C=O) groups excluding carboxylic acids is 2. The van der Waals surface area contributed by atoms with Crippen molar-refractivity contribution in [3.63, 3.8) is 0 Å². The maximum atomic E-state index is 12.7. The van der Waals surface area contributed by atoms with Crippen molar-refractivity contribution in [2.45, 2.75) is 39.3 Å². The second-order valence-electron chi connectivity index (χ2n) is 7.21. The van der Waals surface area contributed by atoms with E-state index >= 15 is 0 Å². The molecule has 3 heterocycles. The van der Waals surface area contributed by atoms with Gasteiger partial charge in [0.1, 0.15) is 6.10 Å². The van der Waals surface area contributed by atoms with E-state index in [0.29, 0.717) is 26.2 Å². The Morgan fingerprint density at radius 2 is 2.00 bits per heavy atom. The molecule has 2 aliphatic heterocycles. The molecule has 6 heteroatoms. The highest BCUT2D eigenvalue weighted by molar-refractivity contribution is 5.99. The molecule has 142 valence electrons. The normalized spacial score (nSPS) is 21.2. The van der Waals surface area contributed by atoms with Crippen molar-refractivity contribution in [1.82, 2.24) is 14.4 Å². The maximum absolute atomic E-state index is 12.7. The summed E-state index contributed by atoms with van der Waals surface area (Å²) in [6, 6.07) is 1.97. The van der Waals surface area contributed by atoms with Crippen LogP contribution in [0.15, 0.2) is 18.7 Å². The average Bonchev–Trinajstić information content (AvgIpc) is 3.26. The van der Waals surface area contributed by atoms with Gasteiger partial charge in [0.05, 0.1) is 6.54 Å². The van der Waals surface area contributed by atoms with Crippen molar-refractivity contribution < 1.29 is 14.3 Å². The minimum absolute atomic E-state index is 0.112. The van der Waals surface area contributed by atoms with E-state index in [1.54, 1.807) is 0 Å². The van der Waals surface area contributed by atoms with Crippen LogP contribution >= 0.6 is 0 Å². The van der Waals surface area contributed by atoms with Gasteiger partial charge in [-0.1, -0.05) is 6.08 Å². The average molecular weight is 359 g/mol. The van der Waals surface area contributed by atoms with Crippen LogP contribution in [0.3, 0.4) is 0 Å². The molecule has 0 saturated carbocycles. The van der Waals surface area contributed by atoms with Crippen LogP contribution < -0.4 is 0 Å². The lowest BCUT2D eigenvalue weighted by molar-refractivity contribution is -0.142. The zero-order valence-corrected chi connectivity index (χ0v) is 15.9. The number of hydrogen-bond acceptors (Lipinski definition) is 4. The van der Waals surface area contributed by atoms with Crippen LogP contribution in [0.2, 0.25) is 0 Å². The SMILES string of the molecule is C=CCn1c(C)cc(C(=O)CN2CCN(C(=O)[C@@H]3CCCO3)CC2)c1C. The van der Waals surface area contributed by atoms with Crippen molar-refractivity contribution in [1.29, 1.82) is 0 Å². The molecule has 0 bridgehead atoms. The zero-order valence-electron chi connectivity index (χ0n) is 15.9. The van der Waals surface area contributed by atoms with E-state index in [2.05, 4.69) is 16.0 Å². The third-order valence-corrected chi connectivity index (χ3v) is 5.44. The maximum Gasteiger partial charge on any atom is 0.251 e. The van der Waals surface area contributed by atoms with Gasteiger partial charge in [0.15, 0.2) is 5.78 Å². The Kier molecular flexibility index (Phi) is 5.94. The van der Waals surface area contributed by atoms with E-state index < -0.39 is 0 Å². The minimum Gasteiger partial charge on any atom is -0.368 e. The van der Waals surface area contributed by atoms with E-state index in [1.165, 1.54) is 0 Å². The third-order valence-electron chi connectivity index (χ3n) is 5.44. The quantitative estimate of drug-likeness (QED) is 0.574. The van der Waals surface area contributed by atoms with E-state index in [9.17, 15) is 9.59 Å². The molecule has 0 N–H and O–H groups in total. The number of piperazine rings is 1. The second kappa shape index (κ2) is 8.18. The summed E-state index contributed by atoms with van der Waals surface area (Å²) in [5.41, 5.74) is 2.87. The molecule has 0 unspecified atom stereocenters. The summed E-state index contributed by atoms with van der Waals surface area (Å²) >= 11 is 0. The van der Waals surface area contributed by atoms with Crippen molar-refractivity contribution in [3.05, 3.63) is 35.7 Å². The standard InChI is InChI=1S/C20H29N3O3/c1-4-7-23-15(2)13-17(16(23)3)18(24)14-21-8-10-22(11-9-21)20(25)19-6-5-12-26-19/h4,13,19H,1,5-12,14H2,2-3H3/t19-/m0/s1. The van der Waals surface area contributed by atoms with Gasteiger partial charge in [-0.3, -0.25) is 14.5 Å². The Bertz CT molecular complexity index is 681. The van der Waals surface area contributed by atoms with E-state index in [-0.39, 0.29) is 17.8 Å². The summed E-state index contributed by atoms with van der Waals surface area (Å²) in [7, 11) is 0. The number of aromatic nitrogens is 1. The van der Waals surface area contributed by atoms with Gasteiger partial charge in [-0.25, -0.2) is 0 Å². The lowest BCUT2D eigenvalue weighted by atomic mass is 10.1. The molecule has 1 atom stereocenters. The molecule has 3 rings (SSSR count). The number of hydrogen-bond donors (Lipinski definition) is 0. The number of ketones is 1. The largest absolute Gasteiger partial charge is 0.368 e. The molecular formula is C20H29N3O3. The number of rotatable bonds is 6. The van der Waals surface area contributed by atoms with Crippen LogP contribution in [0.25, 0.3) is 0 Å². The third kappa shape index (κ3) is 3.91. The Morgan fingerprint density at radius 1 is 1.27 bits per heavy atom. The number of allylic oxidation sites excluding steroid dienone is 1. The first-order valence-corrected chi connectivity index (χ1v) is 9.45. The zero-order chi connectivity index (χ0) is 18.7. The monoisotopic (exact) mass is 359 g/mol. The van der Waals surface area contributed by atoms with Gasteiger partial charge >= 0.3 is 0 Å². The second-order valence-corrected chi connectivity index (χ2v) is 7.21. The molecule has 26 heavy (non-hydrogen) atoms. The van der Waals surface area contributed by atoms with Crippen LogP contribution in [0.1, 0.15) is 34.6 Å². The molecule has 0 spiro atoms. The molecule has 2 saturated heterocycles. The van der Waals surface area contributed by atoms with E-state index in [0.717, 1.165) is 49.4 Å². The van der Waals surface area contributed by atoms with Crippen LogP contribution in [0.5, 0.6) is 0 Å². The lowest BCUT2D eigenvalue weighted by Gasteiger charge is -2.35. The van der Waals surface area contributed by atoms with Crippen LogP contribution in [-0.4, -0.2) is 71.5 Å². The summed E-state index contributed by atoms with van der Waals surface area (Å²) in [6.45, 7) is 12.4. The Balaban J connectivity index is 1.54. The summed E-state index contributed by atoms with van der Waals surface area (Å²) < 4.78 is 7.61. The smallest absolute Gasteiger partial charge is 0.251 e. The summed E-state index contributed by atoms with van der Waals surface area (Å²) in [4.78, 5) is 29.2. The minimum atomic E-state index is -0.251. The molecule has 0 radical (unpaired) electrons. The van der Waals surface area contributed by atoms with E-state index in [1.807, 2.05) is 30.9 Å². The Labute approximate surface area is 155 Å². The molecular weight excluding hydrogens is 330 g/mol. The molecule has 1 aromatic heterocycles. The van der Waals surface area contributed by atoms with E-state index in [4.69, 9.17) is 4.74 Å². The number of ether oxygens (including phenoxy) is 1. The van der Waals surface area contributed by atoms with Crippen LogP contribution in [0.4, 0.5) is 0 Å². The lowest BCUT2D eigenvalue weighted by Crippen LogP contribution is -2.52. The van der Waals surface area contributed by atoms with Gasteiger partial charge in [0, 0.05) is 56.3 Å². The fourth-order valence-electron chi connectivity index (χ4n) is 3.88. The molecule has 0 aromatic carbocycles. The molecule has 2 fully saturated rings. The first-order chi connectivity index (χ1) is 12.5. The highest BCUT2D eigenvalue weighted by Gasteiger charge is 2.30. The van der Waals surface area contributed by atoms with Crippen molar-refractivity contribution in [2.24, 2.45) is 0 Å². The number of amides is 1. The number of Topliss-reactive ketones (excluding diaryl/α,β-unsaturated/α-hetero) is 1. The van der Waals surface area contributed by atoms with Crippen molar-refractivity contribution in [3.8, 4) is 0 Å². The predicted octanol–water partition coefficient (Wildman–Crippen LogP) is 1.80.